The largest absolute Gasteiger partial charge is 0.394 e. The van der Waals surface area contributed by atoms with Crippen LogP contribution in [-0.4, -0.2) is 53.6 Å². The van der Waals surface area contributed by atoms with Crippen molar-refractivity contribution in [2.75, 3.05) is 27.2 Å². The van der Waals surface area contributed by atoms with Crippen LogP contribution < -0.4 is 0 Å². The van der Waals surface area contributed by atoms with E-state index in [2.05, 4.69) is 11.8 Å². The fraction of sp³-hybridized carbons (Fsp3) is 0.562. The highest BCUT2D eigenvalue weighted by atomic mass is 16.3. The predicted molar refractivity (Wildman–Crippen MR) is 81.7 cm³/mol. The molecule has 0 atom stereocenters. The van der Waals surface area contributed by atoms with Crippen LogP contribution in [0.25, 0.3) is 0 Å². The van der Waals surface area contributed by atoms with Gasteiger partial charge in [-0.3, -0.25) is 9.69 Å². The van der Waals surface area contributed by atoms with Crippen LogP contribution >= 0.6 is 0 Å². The van der Waals surface area contributed by atoms with E-state index < -0.39 is 0 Å². The maximum absolute atomic E-state index is 11.8. The second kappa shape index (κ2) is 6.86. The topological polar surface area (TPSA) is 43.8 Å². The predicted octanol–water partition coefficient (Wildman–Crippen LogP) is 1.98. The van der Waals surface area contributed by atoms with Crippen molar-refractivity contribution in [3.05, 3.63) is 35.4 Å². The molecule has 0 spiro atoms. The van der Waals surface area contributed by atoms with Crippen LogP contribution in [0.2, 0.25) is 0 Å². The molecular formula is C16H26N2O2. The Morgan fingerprint density at radius 2 is 1.75 bits per heavy atom. The Morgan fingerprint density at radius 1 is 1.20 bits per heavy atom. The van der Waals surface area contributed by atoms with E-state index in [1.54, 1.807) is 19.0 Å². The lowest BCUT2D eigenvalue weighted by molar-refractivity contribution is 0.0551. The van der Waals surface area contributed by atoms with Gasteiger partial charge in [0.15, 0.2) is 0 Å². The fourth-order valence-corrected chi connectivity index (χ4v) is 2.09. The minimum atomic E-state index is -0.243. The molecule has 0 heterocycles. The summed E-state index contributed by atoms with van der Waals surface area (Å²) in [5.74, 6) is 0.0135. The molecule has 0 saturated heterocycles. The minimum Gasteiger partial charge on any atom is -0.394 e. The van der Waals surface area contributed by atoms with Gasteiger partial charge in [0, 0.05) is 31.7 Å². The van der Waals surface area contributed by atoms with E-state index in [-0.39, 0.29) is 18.1 Å². The van der Waals surface area contributed by atoms with E-state index >= 15 is 0 Å². The Morgan fingerprint density at radius 3 is 2.15 bits per heavy atom. The van der Waals surface area contributed by atoms with E-state index in [9.17, 15) is 9.90 Å². The highest BCUT2D eigenvalue weighted by Gasteiger charge is 2.24. The van der Waals surface area contributed by atoms with Crippen molar-refractivity contribution in [1.29, 1.82) is 0 Å². The van der Waals surface area contributed by atoms with Gasteiger partial charge in [0.25, 0.3) is 5.91 Å². The molecule has 1 amide bonds. The van der Waals surface area contributed by atoms with Gasteiger partial charge in [0.05, 0.1) is 6.61 Å². The molecule has 0 bridgehead atoms. The molecule has 112 valence electrons. The average Bonchev–Trinajstić information content (AvgIpc) is 2.44. The van der Waals surface area contributed by atoms with E-state index in [1.807, 2.05) is 38.1 Å². The molecule has 1 rings (SSSR count). The number of rotatable bonds is 6. The number of benzene rings is 1. The van der Waals surface area contributed by atoms with Crippen molar-refractivity contribution in [1.82, 2.24) is 9.80 Å². The monoisotopic (exact) mass is 278 g/mol. The zero-order chi connectivity index (χ0) is 15.3. The van der Waals surface area contributed by atoms with Crippen LogP contribution in [0.15, 0.2) is 24.3 Å². The maximum Gasteiger partial charge on any atom is 0.253 e. The number of amides is 1. The second-order valence-electron chi connectivity index (χ2n) is 5.88. The lowest BCUT2D eigenvalue weighted by Gasteiger charge is -2.36. The van der Waals surface area contributed by atoms with Crippen molar-refractivity contribution >= 4 is 5.91 Å². The lowest BCUT2D eigenvalue weighted by atomic mass is 10.0. The quantitative estimate of drug-likeness (QED) is 0.865. The van der Waals surface area contributed by atoms with Gasteiger partial charge < -0.3 is 10.0 Å². The molecule has 4 nitrogen and oxygen atoms in total. The van der Waals surface area contributed by atoms with Crippen molar-refractivity contribution in [3.63, 3.8) is 0 Å². The van der Waals surface area contributed by atoms with E-state index in [4.69, 9.17) is 0 Å². The molecule has 0 radical (unpaired) electrons. The Bertz CT molecular complexity index is 438. The summed E-state index contributed by atoms with van der Waals surface area (Å²) in [4.78, 5) is 15.6. The van der Waals surface area contributed by atoms with Gasteiger partial charge >= 0.3 is 0 Å². The number of aliphatic hydroxyl groups is 1. The van der Waals surface area contributed by atoms with Crippen molar-refractivity contribution in [2.45, 2.75) is 32.9 Å². The van der Waals surface area contributed by atoms with Crippen molar-refractivity contribution in [2.24, 2.45) is 0 Å². The zero-order valence-corrected chi connectivity index (χ0v) is 13.2. The summed E-state index contributed by atoms with van der Waals surface area (Å²) in [6.45, 7) is 7.90. The van der Waals surface area contributed by atoms with Gasteiger partial charge in [-0.2, -0.15) is 0 Å². The van der Waals surface area contributed by atoms with Crippen LogP contribution in [0.4, 0.5) is 0 Å². The molecule has 0 aliphatic carbocycles. The molecule has 1 aromatic carbocycles. The number of hydrogen-bond donors (Lipinski definition) is 1. The molecule has 0 saturated carbocycles. The van der Waals surface area contributed by atoms with E-state index in [0.717, 1.165) is 18.7 Å². The van der Waals surface area contributed by atoms with Gasteiger partial charge in [0.2, 0.25) is 0 Å². The molecule has 0 unspecified atom stereocenters. The molecule has 4 heteroatoms. The van der Waals surface area contributed by atoms with Crippen LogP contribution in [0.3, 0.4) is 0 Å². The van der Waals surface area contributed by atoms with Gasteiger partial charge in [-0.25, -0.2) is 0 Å². The first-order valence-corrected chi connectivity index (χ1v) is 6.98. The molecule has 1 N–H and O–H groups in total. The van der Waals surface area contributed by atoms with Crippen LogP contribution in [0, 0.1) is 0 Å². The lowest BCUT2D eigenvalue weighted by Crippen LogP contribution is -2.46. The van der Waals surface area contributed by atoms with Crippen LogP contribution in [0.1, 0.15) is 36.7 Å². The Balaban J connectivity index is 2.81. The minimum absolute atomic E-state index is 0.0135. The molecule has 20 heavy (non-hydrogen) atoms. The Hall–Kier alpha value is -1.39. The summed E-state index contributed by atoms with van der Waals surface area (Å²) in [5.41, 5.74) is 1.60. The number of nitrogens with zero attached hydrogens (tertiary/aromatic N) is 2. The molecule has 0 aliphatic rings. The second-order valence-corrected chi connectivity index (χ2v) is 5.88. The molecule has 0 fully saturated rings. The third-order valence-electron chi connectivity index (χ3n) is 3.61. The first-order chi connectivity index (χ1) is 9.31. The van der Waals surface area contributed by atoms with Gasteiger partial charge in [-0.05, 0) is 38.1 Å². The smallest absolute Gasteiger partial charge is 0.253 e. The normalized spacial score (nSPS) is 11.8. The Kier molecular flexibility index (Phi) is 5.72. The van der Waals surface area contributed by atoms with Gasteiger partial charge in [-0.15, -0.1) is 0 Å². The summed E-state index contributed by atoms with van der Waals surface area (Å²) in [7, 11) is 3.50. The standard InChI is InChI=1S/C16H26N2O2/c1-6-18(16(2,3)12-19)11-13-7-9-14(10-8-13)15(20)17(4)5/h7-10,19H,6,11-12H2,1-5H3. The summed E-state index contributed by atoms with van der Waals surface area (Å²) in [5, 5.41) is 9.46. The maximum atomic E-state index is 11.8. The zero-order valence-electron chi connectivity index (χ0n) is 13.2. The molecular weight excluding hydrogens is 252 g/mol. The van der Waals surface area contributed by atoms with Crippen LogP contribution in [0.5, 0.6) is 0 Å². The first kappa shape index (κ1) is 16.7. The number of carbonyl (C=O) groups excluding carboxylic acids is 1. The SMILES string of the molecule is CCN(Cc1ccc(C(=O)N(C)C)cc1)C(C)(C)CO. The Labute approximate surface area is 122 Å². The van der Waals surface area contributed by atoms with E-state index in [0.29, 0.717) is 5.56 Å². The van der Waals surface area contributed by atoms with Crippen molar-refractivity contribution < 1.29 is 9.90 Å². The highest BCUT2D eigenvalue weighted by molar-refractivity contribution is 5.93. The average molecular weight is 278 g/mol. The summed E-state index contributed by atoms with van der Waals surface area (Å²) >= 11 is 0. The third-order valence-corrected chi connectivity index (χ3v) is 3.61. The summed E-state index contributed by atoms with van der Waals surface area (Å²) in [6, 6.07) is 7.68. The van der Waals surface area contributed by atoms with Gasteiger partial charge in [-0.1, -0.05) is 19.1 Å². The first-order valence-electron chi connectivity index (χ1n) is 6.98. The summed E-state index contributed by atoms with van der Waals surface area (Å²) < 4.78 is 0. The number of hydrogen-bond acceptors (Lipinski definition) is 3. The fourth-order valence-electron chi connectivity index (χ4n) is 2.09. The summed E-state index contributed by atoms with van der Waals surface area (Å²) in [6.07, 6.45) is 0. The molecule has 1 aromatic rings. The number of aliphatic hydroxyl groups excluding tert-OH is 1. The third kappa shape index (κ3) is 4.05. The molecule has 0 aliphatic heterocycles. The van der Waals surface area contributed by atoms with Crippen LogP contribution in [-0.2, 0) is 6.54 Å². The highest BCUT2D eigenvalue weighted by Crippen LogP contribution is 2.17. The number of likely N-dealkylation sites (N-methyl/N-ethyl adjacent to an activating group) is 1. The number of carbonyl (C=O) groups is 1. The van der Waals surface area contributed by atoms with Gasteiger partial charge in [0.1, 0.15) is 0 Å². The molecule has 0 aromatic heterocycles. The van der Waals surface area contributed by atoms with Crippen molar-refractivity contribution in [3.8, 4) is 0 Å². The van der Waals surface area contributed by atoms with E-state index in [1.165, 1.54) is 0 Å².